The van der Waals surface area contributed by atoms with Crippen LogP contribution in [0.2, 0.25) is 0 Å². The minimum atomic E-state index is -0.0899. The number of rotatable bonds is 4. The summed E-state index contributed by atoms with van der Waals surface area (Å²) in [6.45, 7) is 12.7. The summed E-state index contributed by atoms with van der Waals surface area (Å²) < 4.78 is 6.00. The van der Waals surface area contributed by atoms with Crippen LogP contribution in [0.3, 0.4) is 0 Å². The van der Waals surface area contributed by atoms with Crippen LogP contribution in [-0.2, 0) is 11.2 Å². The molecule has 2 atom stereocenters. The van der Waals surface area contributed by atoms with Crippen molar-refractivity contribution in [2.45, 2.75) is 65.2 Å². The Bertz CT molecular complexity index is 484. The summed E-state index contributed by atoms with van der Waals surface area (Å²) in [5.74, 6) is 0. The van der Waals surface area contributed by atoms with E-state index in [4.69, 9.17) is 10.5 Å². The van der Waals surface area contributed by atoms with E-state index < -0.39 is 0 Å². The van der Waals surface area contributed by atoms with E-state index >= 15 is 0 Å². The molecule has 3 heteroatoms. The molecule has 2 rings (SSSR count). The molecule has 1 aliphatic rings. The van der Waals surface area contributed by atoms with E-state index in [-0.39, 0.29) is 17.7 Å². The minimum absolute atomic E-state index is 0.0899. The van der Waals surface area contributed by atoms with Crippen LogP contribution in [0.25, 0.3) is 0 Å². The molecule has 1 aromatic rings. The number of hydrogen-bond acceptors (Lipinski definition) is 3. The van der Waals surface area contributed by atoms with Gasteiger partial charge in [0, 0.05) is 24.8 Å². The first-order valence-electron chi connectivity index (χ1n) is 8.08. The van der Waals surface area contributed by atoms with Crippen molar-refractivity contribution < 1.29 is 4.74 Å². The number of nitrogens with zero attached hydrogens (tertiary/aromatic N) is 1. The highest BCUT2D eigenvalue weighted by atomic mass is 16.5. The molecular weight excluding hydrogens is 260 g/mol. The molecule has 0 aromatic heterocycles. The van der Waals surface area contributed by atoms with E-state index in [0.29, 0.717) is 0 Å². The number of nitrogens with two attached hydrogens (primary N) is 1. The smallest absolute Gasteiger partial charge is 0.0805 e. The van der Waals surface area contributed by atoms with Crippen LogP contribution >= 0.6 is 0 Å². The lowest BCUT2D eigenvalue weighted by Crippen LogP contribution is -2.52. The van der Waals surface area contributed by atoms with Crippen LogP contribution in [-0.4, -0.2) is 30.8 Å². The maximum atomic E-state index is 6.06. The Balaban J connectivity index is 2.17. The van der Waals surface area contributed by atoms with E-state index in [0.717, 1.165) is 25.9 Å². The fraction of sp³-hybridized carbons (Fsp3) is 0.667. The van der Waals surface area contributed by atoms with Crippen LogP contribution in [0.4, 0.5) is 5.69 Å². The first-order chi connectivity index (χ1) is 9.80. The summed E-state index contributed by atoms with van der Waals surface area (Å²) in [4.78, 5) is 2.45. The minimum Gasteiger partial charge on any atom is -0.369 e. The van der Waals surface area contributed by atoms with Crippen molar-refractivity contribution in [2.75, 3.05) is 18.0 Å². The van der Waals surface area contributed by atoms with Gasteiger partial charge in [-0.1, -0.05) is 19.1 Å². The van der Waals surface area contributed by atoms with E-state index in [1.165, 1.54) is 16.8 Å². The number of aryl methyl sites for hydroxylation is 1. The zero-order chi connectivity index (χ0) is 15.6. The van der Waals surface area contributed by atoms with Gasteiger partial charge in [-0.05, 0) is 57.7 Å². The lowest BCUT2D eigenvalue weighted by Gasteiger charge is -2.43. The highest BCUT2D eigenvalue weighted by molar-refractivity contribution is 5.55. The molecule has 1 heterocycles. The third-order valence-corrected chi connectivity index (χ3v) is 4.19. The van der Waals surface area contributed by atoms with Gasteiger partial charge in [-0.3, -0.25) is 0 Å². The molecule has 0 aliphatic carbocycles. The second-order valence-electron chi connectivity index (χ2n) is 7.06. The Kier molecular flexibility index (Phi) is 4.95. The van der Waals surface area contributed by atoms with Gasteiger partial charge in [0.05, 0.1) is 11.7 Å². The SMILES string of the molecule is CCC(N)Cc1ccc(N2CC(C)OC(C)(C)C2)c(C)c1. The fourth-order valence-electron chi connectivity index (χ4n) is 3.28. The second-order valence-corrected chi connectivity index (χ2v) is 7.06. The van der Waals surface area contributed by atoms with Crippen molar-refractivity contribution >= 4 is 5.69 Å². The predicted molar refractivity (Wildman–Crippen MR) is 90.0 cm³/mol. The highest BCUT2D eigenvalue weighted by Crippen LogP contribution is 2.29. The summed E-state index contributed by atoms with van der Waals surface area (Å²) in [5, 5.41) is 0. The largest absolute Gasteiger partial charge is 0.369 e. The van der Waals surface area contributed by atoms with Gasteiger partial charge in [-0.15, -0.1) is 0 Å². The van der Waals surface area contributed by atoms with Gasteiger partial charge in [0.25, 0.3) is 0 Å². The Morgan fingerprint density at radius 1 is 1.43 bits per heavy atom. The number of benzene rings is 1. The van der Waals surface area contributed by atoms with Crippen LogP contribution in [0, 0.1) is 6.92 Å². The molecule has 3 nitrogen and oxygen atoms in total. The lowest BCUT2D eigenvalue weighted by molar-refractivity contribution is -0.0749. The van der Waals surface area contributed by atoms with Gasteiger partial charge >= 0.3 is 0 Å². The van der Waals surface area contributed by atoms with Gasteiger partial charge in [0.15, 0.2) is 0 Å². The van der Waals surface area contributed by atoms with Crippen LogP contribution < -0.4 is 10.6 Å². The molecule has 2 unspecified atom stereocenters. The summed E-state index contributed by atoms with van der Waals surface area (Å²) >= 11 is 0. The molecule has 1 aliphatic heterocycles. The van der Waals surface area contributed by atoms with Crippen molar-refractivity contribution in [1.82, 2.24) is 0 Å². The number of ether oxygens (including phenoxy) is 1. The topological polar surface area (TPSA) is 38.5 Å². The van der Waals surface area contributed by atoms with E-state index in [1.54, 1.807) is 0 Å². The molecule has 1 fully saturated rings. The molecule has 0 amide bonds. The normalized spacial score (nSPS) is 23.1. The maximum Gasteiger partial charge on any atom is 0.0805 e. The molecule has 0 bridgehead atoms. The Hall–Kier alpha value is -1.06. The van der Waals surface area contributed by atoms with E-state index in [2.05, 4.69) is 57.7 Å². The van der Waals surface area contributed by atoms with Gasteiger partial charge in [0.1, 0.15) is 0 Å². The van der Waals surface area contributed by atoms with E-state index in [9.17, 15) is 0 Å². The molecule has 0 spiro atoms. The lowest BCUT2D eigenvalue weighted by atomic mass is 9.99. The van der Waals surface area contributed by atoms with Crippen molar-refractivity contribution in [2.24, 2.45) is 5.73 Å². The van der Waals surface area contributed by atoms with Crippen LogP contribution in [0.15, 0.2) is 18.2 Å². The molecular formula is C18H30N2O. The van der Waals surface area contributed by atoms with Crippen LogP contribution in [0.5, 0.6) is 0 Å². The molecule has 0 radical (unpaired) electrons. The Morgan fingerprint density at radius 2 is 2.14 bits per heavy atom. The summed E-state index contributed by atoms with van der Waals surface area (Å²) in [5.41, 5.74) is 9.97. The van der Waals surface area contributed by atoms with Crippen LogP contribution in [0.1, 0.15) is 45.2 Å². The molecule has 118 valence electrons. The van der Waals surface area contributed by atoms with Crippen molar-refractivity contribution in [1.29, 1.82) is 0 Å². The average Bonchev–Trinajstić information content (AvgIpc) is 2.36. The van der Waals surface area contributed by atoms with Crippen molar-refractivity contribution in [3.8, 4) is 0 Å². The molecule has 1 saturated heterocycles. The predicted octanol–water partition coefficient (Wildman–Crippen LogP) is 3.28. The monoisotopic (exact) mass is 290 g/mol. The van der Waals surface area contributed by atoms with E-state index in [1.807, 2.05) is 0 Å². The number of hydrogen-bond donors (Lipinski definition) is 1. The third kappa shape index (κ3) is 4.21. The Labute approximate surface area is 129 Å². The quantitative estimate of drug-likeness (QED) is 0.925. The standard InChI is InChI=1S/C18H30N2O/c1-6-16(19)10-15-7-8-17(13(2)9-15)20-11-14(3)21-18(4,5)12-20/h7-9,14,16H,6,10-12,19H2,1-5H3. The van der Waals surface area contributed by atoms with Gasteiger partial charge in [-0.25, -0.2) is 0 Å². The number of morpholine rings is 1. The van der Waals surface area contributed by atoms with Crippen molar-refractivity contribution in [3.63, 3.8) is 0 Å². The third-order valence-electron chi connectivity index (χ3n) is 4.19. The average molecular weight is 290 g/mol. The highest BCUT2D eigenvalue weighted by Gasteiger charge is 2.31. The summed E-state index contributed by atoms with van der Waals surface area (Å²) in [6.07, 6.45) is 2.25. The molecule has 2 N–H and O–H groups in total. The molecule has 21 heavy (non-hydrogen) atoms. The van der Waals surface area contributed by atoms with Gasteiger partial charge < -0.3 is 15.4 Å². The zero-order valence-electron chi connectivity index (χ0n) is 14.1. The maximum absolute atomic E-state index is 6.06. The van der Waals surface area contributed by atoms with Crippen molar-refractivity contribution in [3.05, 3.63) is 29.3 Å². The first kappa shape index (κ1) is 16.3. The summed E-state index contributed by atoms with van der Waals surface area (Å²) in [6, 6.07) is 7.03. The zero-order valence-corrected chi connectivity index (χ0v) is 14.1. The Morgan fingerprint density at radius 3 is 2.71 bits per heavy atom. The molecule has 1 aromatic carbocycles. The fourth-order valence-corrected chi connectivity index (χ4v) is 3.28. The molecule has 0 saturated carbocycles. The first-order valence-corrected chi connectivity index (χ1v) is 8.08. The summed E-state index contributed by atoms with van der Waals surface area (Å²) in [7, 11) is 0. The number of anilines is 1. The second kappa shape index (κ2) is 6.37. The van der Waals surface area contributed by atoms with Gasteiger partial charge in [-0.2, -0.15) is 0 Å². The van der Waals surface area contributed by atoms with Gasteiger partial charge in [0.2, 0.25) is 0 Å².